The smallest absolute Gasteiger partial charge is 0.478 e. The average Bonchev–Trinajstić information content (AvgIpc) is 2.38. The van der Waals surface area contributed by atoms with Gasteiger partial charge in [-0.1, -0.05) is 6.07 Å². The van der Waals surface area contributed by atoms with Crippen LogP contribution >= 0.6 is 12.6 Å². The van der Waals surface area contributed by atoms with Crippen LogP contribution < -0.4 is 9.47 Å². The number of hydrogen-bond acceptors (Lipinski definition) is 6. The molecule has 0 fully saturated rings. The monoisotopic (exact) mass is 265 g/mol. The van der Waals surface area contributed by atoms with Gasteiger partial charge in [-0.05, 0) is 18.2 Å². The summed E-state index contributed by atoms with van der Waals surface area (Å²) in [4.78, 5) is 16.1. The predicted octanol–water partition coefficient (Wildman–Crippen LogP) is 2.68. The van der Waals surface area contributed by atoms with Gasteiger partial charge >= 0.3 is 6.16 Å². The molecular weight excluding hydrogens is 254 g/mol. The van der Waals surface area contributed by atoms with Gasteiger partial charge in [0.25, 0.3) is 5.88 Å². The van der Waals surface area contributed by atoms with Crippen molar-refractivity contribution >= 4 is 29.7 Å². The molecule has 0 aliphatic heterocycles. The highest BCUT2D eigenvalue weighted by atomic mass is 32.1. The summed E-state index contributed by atoms with van der Waals surface area (Å²) in [5.74, 6) is 0.426. The Hall–Kier alpha value is -1.95. The normalized spacial score (nSPS) is 10.2. The van der Waals surface area contributed by atoms with E-state index in [0.717, 1.165) is 10.3 Å². The Labute approximate surface area is 109 Å². The lowest BCUT2D eigenvalue weighted by molar-refractivity contribution is 0.120. The quantitative estimate of drug-likeness (QED) is 0.668. The minimum absolute atomic E-state index is 0.212. The fourth-order valence-electron chi connectivity index (χ4n) is 1.47. The summed E-state index contributed by atoms with van der Waals surface area (Å²) in [5, 5.41) is 0.813. The van der Waals surface area contributed by atoms with E-state index in [2.05, 4.69) is 22.3 Å². The number of carbonyl (C=O) groups is 1. The lowest BCUT2D eigenvalue weighted by Gasteiger charge is -2.09. The molecule has 1 aromatic heterocycles. The number of hydrogen-bond donors (Lipinski definition) is 1. The molecule has 0 radical (unpaired) electrons. The van der Waals surface area contributed by atoms with E-state index in [1.165, 1.54) is 14.2 Å². The number of pyridine rings is 1. The van der Waals surface area contributed by atoms with Crippen molar-refractivity contribution < 1.29 is 19.0 Å². The second-order valence-electron chi connectivity index (χ2n) is 3.43. The van der Waals surface area contributed by atoms with Gasteiger partial charge < -0.3 is 14.2 Å². The van der Waals surface area contributed by atoms with Crippen LogP contribution in [0.2, 0.25) is 0 Å². The molecule has 6 heteroatoms. The number of ether oxygens (including phenoxy) is 3. The third kappa shape index (κ3) is 2.48. The molecule has 0 aliphatic carbocycles. The highest BCUT2D eigenvalue weighted by molar-refractivity contribution is 7.80. The number of thiol groups is 1. The first-order valence-corrected chi connectivity index (χ1v) is 5.52. The van der Waals surface area contributed by atoms with Gasteiger partial charge in [0.2, 0.25) is 0 Å². The van der Waals surface area contributed by atoms with Crippen molar-refractivity contribution in [2.45, 2.75) is 4.90 Å². The Kier molecular flexibility index (Phi) is 3.57. The highest BCUT2D eigenvalue weighted by Gasteiger charge is 2.13. The van der Waals surface area contributed by atoms with Crippen LogP contribution in [0.25, 0.3) is 10.9 Å². The first kappa shape index (κ1) is 12.5. The van der Waals surface area contributed by atoms with E-state index in [0.29, 0.717) is 5.52 Å². The first-order chi connectivity index (χ1) is 8.63. The summed E-state index contributed by atoms with van der Waals surface area (Å²) in [6.45, 7) is 0. The lowest BCUT2D eigenvalue weighted by Crippen LogP contribution is -2.08. The van der Waals surface area contributed by atoms with Gasteiger partial charge in [-0.3, -0.25) is 0 Å². The van der Waals surface area contributed by atoms with Crippen LogP contribution in [0.1, 0.15) is 0 Å². The van der Waals surface area contributed by atoms with E-state index in [9.17, 15) is 4.79 Å². The largest absolute Gasteiger partial charge is 0.513 e. The molecule has 1 heterocycles. The maximum atomic E-state index is 11.1. The zero-order valence-electron chi connectivity index (χ0n) is 9.84. The summed E-state index contributed by atoms with van der Waals surface area (Å²) < 4.78 is 14.5. The van der Waals surface area contributed by atoms with E-state index in [-0.39, 0.29) is 11.6 Å². The molecule has 0 bridgehead atoms. The molecule has 0 N–H and O–H groups in total. The third-order valence-corrected chi connectivity index (χ3v) is 2.56. The molecule has 94 valence electrons. The van der Waals surface area contributed by atoms with Crippen molar-refractivity contribution in [3.63, 3.8) is 0 Å². The standard InChI is InChI=1S/C12H11NO4S/c1-15-11-10(17-12(14)16-2)5-7-3-4-8(18)6-9(7)13-11/h3-6,18H,1-2H3. The van der Waals surface area contributed by atoms with Crippen LogP contribution in [0.3, 0.4) is 0 Å². The van der Waals surface area contributed by atoms with Crippen molar-refractivity contribution in [2.24, 2.45) is 0 Å². The fraction of sp³-hybridized carbons (Fsp3) is 0.167. The number of nitrogens with zero attached hydrogens (tertiary/aromatic N) is 1. The van der Waals surface area contributed by atoms with Gasteiger partial charge in [-0.2, -0.15) is 0 Å². The molecule has 2 aromatic rings. The Balaban J connectivity index is 2.52. The topological polar surface area (TPSA) is 57.7 Å². The van der Waals surface area contributed by atoms with Crippen LogP contribution in [-0.2, 0) is 4.74 Å². The van der Waals surface area contributed by atoms with Crippen LogP contribution in [0, 0.1) is 0 Å². The number of benzene rings is 1. The van der Waals surface area contributed by atoms with Gasteiger partial charge in [0, 0.05) is 10.3 Å². The van der Waals surface area contributed by atoms with Crippen molar-refractivity contribution in [3.05, 3.63) is 24.3 Å². The molecule has 0 aliphatic rings. The Morgan fingerprint density at radius 3 is 2.72 bits per heavy atom. The summed E-state index contributed by atoms with van der Waals surface area (Å²) in [7, 11) is 2.68. The zero-order valence-corrected chi connectivity index (χ0v) is 10.7. The number of aromatic nitrogens is 1. The number of methoxy groups -OCH3 is 2. The Morgan fingerprint density at radius 1 is 1.28 bits per heavy atom. The Morgan fingerprint density at radius 2 is 2.06 bits per heavy atom. The van der Waals surface area contributed by atoms with Crippen LogP contribution in [0.5, 0.6) is 11.6 Å². The van der Waals surface area contributed by atoms with Crippen LogP contribution in [0.15, 0.2) is 29.2 Å². The fourth-order valence-corrected chi connectivity index (χ4v) is 1.67. The molecule has 0 amide bonds. The maximum Gasteiger partial charge on any atom is 0.513 e. The molecular formula is C12H11NO4S. The van der Waals surface area contributed by atoms with Crippen molar-refractivity contribution in [1.82, 2.24) is 4.98 Å². The predicted molar refractivity (Wildman–Crippen MR) is 68.6 cm³/mol. The molecule has 1 aromatic carbocycles. The number of fused-ring (bicyclic) bond motifs is 1. The minimum Gasteiger partial charge on any atom is -0.478 e. The molecule has 2 rings (SSSR count). The molecule has 0 saturated carbocycles. The summed E-state index contributed by atoms with van der Waals surface area (Å²) in [6, 6.07) is 7.10. The number of rotatable bonds is 2. The van der Waals surface area contributed by atoms with E-state index in [1.807, 2.05) is 12.1 Å². The van der Waals surface area contributed by atoms with Crippen LogP contribution in [-0.4, -0.2) is 25.4 Å². The number of carbonyl (C=O) groups excluding carboxylic acids is 1. The Bertz CT molecular complexity index is 600. The summed E-state index contributed by atoms with van der Waals surface area (Å²) >= 11 is 4.23. The molecule has 0 atom stereocenters. The highest BCUT2D eigenvalue weighted by Crippen LogP contribution is 2.30. The summed E-state index contributed by atoms with van der Waals surface area (Å²) in [5.41, 5.74) is 0.705. The molecule has 18 heavy (non-hydrogen) atoms. The van der Waals surface area contributed by atoms with Crippen molar-refractivity contribution in [1.29, 1.82) is 0 Å². The second-order valence-corrected chi connectivity index (χ2v) is 3.95. The van der Waals surface area contributed by atoms with Crippen molar-refractivity contribution in [2.75, 3.05) is 14.2 Å². The maximum absolute atomic E-state index is 11.1. The lowest BCUT2D eigenvalue weighted by atomic mass is 10.2. The SMILES string of the molecule is COC(=O)Oc1cc2ccc(S)cc2nc1OC. The third-order valence-electron chi connectivity index (χ3n) is 2.29. The van der Waals surface area contributed by atoms with Gasteiger partial charge in [0.1, 0.15) is 0 Å². The van der Waals surface area contributed by atoms with E-state index >= 15 is 0 Å². The van der Waals surface area contributed by atoms with Gasteiger partial charge in [0.15, 0.2) is 5.75 Å². The van der Waals surface area contributed by atoms with Gasteiger partial charge in [0.05, 0.1) is 19.7 Å². The molecule has 0 spiro atoms. The minimum atomic E-state index is -0.819. The van der Waals surface area contributed by atoms with Crippen molar-refractivity contribution in [3.8, 4) is 11.6 Å². The van der Waals surface area contributed by atoms with Gasteiger partial charge in [-0.15, -0.1) is 12.6 Å². The average molecular weight is 265 g/mol. The van der Waals surface area contributed by atoms with E-state index in [1.54, 1.807) is 12.1 Å². The molecule has 5 nitrogen and oxygen atoms in total. The van der Waals surface area contributed by atoms with E-state index in [4.69, 9.17) is 9.47 Å². The van der Waals surface area contributed by atoms with E-state index < -0.39 is 6.16 Å². The van der Waals surface area contributed by atoms with Crippen LogP contribution in [0.4, 0.5) is 4.79 Å². The summed E-state index contributed by atoms with van der Waals surface area (Å²) in [6.07, 6.45) is -0.819. The first-order valence-electron chi connectivity index (χ1n) is 5.07. The molecule has 0 saturated heterocycles. The zero-order chi connectivity index (χ0) is 13.1. The van der Waals surface area contributed by atoms with Gasteiger partial charge in [-0.25, -0.2) is 9.78 Å². The second kappa shape index (κ2) is 5.14. The molecule has 0 unspecified atom stereocenters.